The van der Waals surface area contributed by atoms with Gasteiger partial charge in [0.15, 0.2) is 0 Å². The first-order chi connectivity index (χ1) is 13.1. The SMILES string of the molecule is O=C(C1CCN(S(=O)(=O)c2ccccc2)CC1)N(C1CCCCC1)C1CC1. The maximum absolute atomic E-state index is 13.3. The van der Waals surface area contributed by atoms with Crippen LogP contribution in [0.3, 0.4) is 0 Å². The largest absolute Gasteiger partial charge is 0.336 e. The Kier molecular flexibility index (Phi) is 5.55. The zero-order chi connectivity index (χ0) is 18.9. The van der Waals surface area contributed by atoms with Crippen molar-refractivity contribution < 1.29 is 13.2 Å². The molecule has 4 rings (SSSR count). The fourth-order valence-electron chi connectivity index (χ4n) is 4.67. The van der Waals surface area contributed by atoms with E-state index in [9.17, 15) is 13.2 Å². The topological polar surface area (TPSA) is 57.7 Å². The number of piperidine rings is 1. The van der Waals surface area contributed by atoms with E-state index in [1.54, 1.807) is 28.6 Å². The molecular formula is C21H30N2O3S. The van der Waals surface area contributed by atoms with Crippen LogP contribution in [0, 0.1) is 5.92 Å². The van der Waals surface area contributed by atoms with Crippen LogP contribution < -0.4 is 0 Å². The molecule has 1 aliphatic heterocycles. The minimum atomic E-state index is -3.45. The van der Waals surface area contributed by atoms with Gasteiger partial charge in [-0.05, 0) is 50.7 Å². The van der Waals surface area contributed by atoms with Gasteiger partial charge in [0.25, 0.3) is 0 Å². The normalized spacial score (nSPS) is 23.3. The van der Waals surface area contributed by atoms with Crippen LogP contribution in [0.25, 0.3) is 0 Å². The summed E-state index contributed by atoms with van der Waals surface area (Å²) in [5.74, 6) is 0.274. The number of amides is 1. The van der Waals surface area contributed by atoms with Gasteiger partial charge in [-0.2, -0.15) is 4.31 Å². The highest BCUT2D eigenvalue weighted by molar-refractivity contribution is 7.89. The van der Waals surface area contributed by atoms with Crippen molar-refractivity contribution in [1.82, 2.24) is 9.21 Å². The molecule has 3 fully saturated rings. The van der Waals surface area contributed by atoms with Crippen molar-refractivity contribution in [2.45, 2.75) is 74.8 Å². The molecule has 0 radical (unpaired) electrons. The van der Waals surface area contributed by atoms with Crippen LogP contribution in [-0.4, -0.2) is 48.7 Å². The standard InChI is InChI=1S/C21H30N2O3S/c24-21(23(19-11-12-19)18-7-3-1-4-8-18)17-13-15-22(16-14-17)27(25,26)20-9-5-2-6-10-20/h2,5-6,9-10,17-19H,1,3-4,7-8,11-16H2. The Balaban J connectivity index is 1.40. The van der Waals surface area contributed by atoms with Crippen LogP contribution in [0.2, 0.25) is 0 Å². The Bertz CT molecular complexity index is 747. The van der Waals surface area contributed by atoms with Crippen molar-refractivity contribution in [3.05, 3.63) is 30.3 Å². The number of benzene rings is 1. The van der Waals surface area contributed by atoms with E-state index in [-0.39, 0.29) is 5.92 Å². The minimum absolute atomic E-state index is 0.0188. The van der Waals surface area contributed by atoms with Gasteiger partial charge in [0.2, 0.25) is 15.9 Å². The Morgan fingerprint density at radius 1 is 0.852 bits per heavy atom. The van der Waals surface area contributed by atoms with Gasteiger partial charge in [0.1, 0.15) is 0 Å². The van der Waals surface area contributed by atoms with Gasteiger partial charge in [0.05, 0.1) is 4.90 Å². The lowest BCUT2D eigenvalue weighted by Crippen LogP contribution is -2.49. The fraction of sp³-hybridized carbons (Fsp3) is 0.667. The molecule has 2 aliphatic carbocycles. The van der Waals surface area contributed by atoms with E-state index < -0.39 is 10.0 Å². The first-order valence-corrected chi connectivity index (χ1v) is 11.9. The second-order valence-corrected chi connectivity index (χ2v) is 10.2. The van der Waals surface area contributed by atoms with Crippen molar-refractivity contribution in [1.29, 1.82) is 0 Å². The first kappa shape index (κ1) is 18.9. The Labute approximate surface area is 162 Å². The second-order valence-electron chi connectivity index (χ2n) is 8.26. The molecule has 6 heteroatoms. The molecule has 2 saturated carbocycles. The number of sulfonamides is 1. The number of hydrogen-bond donors (Lipinski definition) is 0. The molecule has 148 valence electrons. The van der Waals surface area contributed by atoms with Crippen molar-refractivity contribution in [2.75, 3.05) is 13.1 Å². The van der Waals surface area contributed by atoms with Crippen LogP contribution >= 0.6 is 0 Å². The maximum atomic E-state index is 13.3. The first-order valence-electron chi connectivity index (χ1n) is 10.4. The molecule has 0 N–H and O–H groups in total. The van der Waals surface area contributed by atoms with E-state index in [0.29, 0.717) is 48.8 Å². The molecule has 0 spiro atoms. The van der Waals surface area contributed by atoms with Crippen LogP contribution in [0.4, 0.5) is 0 Å². The molecule has 3 aliphatic rings. The molecule has 1 aromatic carbocycles. The third kappa shape index (κ3) is 4.06. The van der Waals surface area contributed by atoms with E-state index in [1.807, 2.05) is 6.07 Å². The van der Waals surface area contributed by atoms with Crippen molar-refractivity contribution in [2.24, 2.45) is 5.92 Å². The van der Waals surface area contributed by atoms with Gasteiger partial charge in [-0.25, -0.2) is 8.42 Å². The van der Waals surface area contributed by atoms with Gasteiger partial charge in [-0.15, -0.1) is 0 Å². The zero-order valence-corrected chi connectivity index (χ0v) is 16.7. The molecule has 1 saturated heterocycles. The van der Waals surface area contributed by atoms with Crippen LogP contribution in [-0.2, 0) is 14.8 Å². The van der Waals surface area contributed by atoms with Gasteiger partial charge in [-0.3, -0.25) is 4.79 Å². The maximum Gasteiger partial charge on any atom is 0.243 e. The van der Waals surface area contributed by atoms with Crippen LogP contribution in [0.1, 0.15) is 57.8 Å². The number of carbonyl (C=O) groups is 1. The van der Waals surface area contributed by atoms with Crippen LogP contribution in [0.5, 0.6) is 0 Å². The predicted molar refractivity (Wildman–Crippen MR) is 105 cm³/mol. The summed E-state index contributed by atoms with van der Waals surface area (Å²) in [4.78, 5) is 15.8. The average Bonchev–Trinajstić information content (AvgIpc) is 3.55. The minimum Gasteiger partial charge on any atom is -0.336 e. The highest BCUT2D eigenvalue weighted by Gasteiger charge is 2.41. The van der Waals surface area contributed by atoms with Crippen LogP contribution in [0.15, 0.2) is 35.2 Å². The van der Waals surface area contributed by atoms with E-state index in [1.165, 1.54) is 19.3 Å². The van der Waals surface area contributed by atoms with Gasteiger partial charge in [0, 0.05) is 31.1 Å². The van der Waals surface area contributed by atoms with Gasteiger partial charge >= 0.3 is 0 Å². The lowest BCUT2D eigenvalue weighted by Gasteiger charge is -2.39. The molecular weight excluding hydrogens is 360 g/mol. The molecule has 0 unspecified atom stereocenters. The number of hydrogen-bond acceptors (Lipinski definition) is 3. The molecule has 0 aromatic heterocycles. The molecule has 0 bridgehead atoms. The summed E-state index contributed by atoms with van der Waals surface area (Å²) in [6, 6.07) is 9.48. The molecule has 1 amide bonds. The monoisotopic (exact) mass is 390 g/mol. The van der Waals surface area contributed by atoms with E-state index in [0.717, 1.165) is 25.7 Å². The summed E-state index contributed by atoms with van der Waals surface area (Å²) in [6.45, 7) is 0.883. The quantitative estimate of drug-likeness (QED) is 0.774. The zero-order valence-electron chi connectivity index (χ0n) is 15.9. The average molecular weight is 391 g/mol. The van der Waals surface area contributed by atoms with Crippen molar-refractivity contribution >= 4 is 15.9 Å². The Hall–Kier alpha value is -1.40. The summed E-state index contributed by atoms with van der Waals surface area (Å²) in [7, 11) is -3.45. The van der Waals surface area contributed by atoms with E-state index >= 15 is 0 Å². The van der Waals surface area contributed by atoms with Crippen molar-refractivity contribution in [3.8, 4) is 0 Å². The summed E-state index contributed by atoms with van der Waals surface area (Å²) in [5, 5.41) is 0. The van der Waals surface area contributed by atoms with Gasteiger partial charge in [-0.1, -0.05) is 37.5 Å². The number of rotatable bonds is 5. The van der Waals surface area contributed by atoms with Gasteiger partial charge < -0.3 is 4.90 Å². The van der Waals surface area contributed by atoms with E-state index in [2.05, 4.69) is 4.90 Å². The smallest absolute Gasteiger partial charge is 0.243 e. The lowest BCUT2D eigenvalue weighted by atomic mass is 9.91. The number of nitrogens with zero attached hydrogens (tertiary/aromatic N) is 2. The highest BCUT2D eigenvalue weighted by Crippen LogP contribution is 2.36. The predicted octanol–water partition coefficient (Wildman–Crippen LogP) is 3.41. The third-order valence-electron chi connectivity index (χ3n) is 6.35. The summed E-state index contributed by atoms with van der Waals surface area (Å²) >= 11 is 0. The lowest BCUT2D eigenvalue weighted by molar-refractivity contribution is -0.140. The fourth-order valence-corrected chi connectivity index (χ4v) is 6.16. The Morgan fingerprint density at radius 2 is 1.44 bits per heavy atom. The summed E-state index contributed by atoms with van der Waals surface area (Å²) in [5.41, 5.74) is 0. The summed E-state index contributed by atoms with van der Waals surface area (Å²) in [6.07, 6.45) is 9.60. The third-order valence-corrected chi connectivity index (χ3v) is 8.26. The van der Waals surface area contributed by atoms with E-state index in [4.69, 9.17) is 0 Å². The summed E-state index contributed by atoms with van der Waals surface area (Å²) < 4.78 is 27.1. The highest BCUT2D eigenvalue weighted by atomic mass is 32.2. The van der Waals surface area contributed by atoms with Crippen molar-refractivity contribution in [3.63, 3.8) is 0 Å². The molecule has 0 atom stereocenters. The molecule has 1 aromatic rings. The second kappa shape index (κ2) is 7.92. The number of carbonyl (C=O) groups excluding carboxylic acids is 1. The molecule has 1 heterocycles. The molecule has 5 nitrogen and oxygen atoms in total. The molecule has 27 heavy (non-hydrogen) atoms. The Morgan fingerprint density at radius 3 is 2.04 bits per heavy atom.